The molecule has 2 rings (SSSR count). The summed E-state index contributed by atoms with van der Waals surface area (Å²) in [6.45, 7) is 8.51. The average molecular weight is 396 g/mol. The summed E-state index contributed by atoms with van der Waals surface area (Å²) in [6, 6.07) is 7.38. The molecule has 0 spiro atoms. The lowest BCUT2D eigenvalue weighted by Gasteiger charge is -2.33. The molecule has 0 radical (unpaired) electrons. The first-order valence-electron chi connectivity index (χ1n) is 9.97. The van der Waals surface area contributed by atoms with Crippen LogP contribution in [0.1, 0.15) is 45.6 Å². The van der Waals surface area contributed by atoms with Gasteiger partial charge in [-0.2, -0.15) is 4.31 Å². The Bertz CT molecular complexity index is 696. The number of benzene rings is 1. The molecule has 1 N–H and O–H groups in total. The molecular formula is C20H33N3O3S. The second kappa shape index (κ2) is 10.2. The third-order valence-electron chi connectivity index (χ3n) is 4.93. The van der Waals surface area contributed by atoms with Crippen molar-refractivity contribution in [3.05, 3.63) is 29.8 Å². The summed E-state index contributed by atoms with van der Waals surface area (Å²) in [4.78, 5) is 14.5. The average Bonchev–Trinajstić information content (AvgIpc) is 2.63. The highest BCUT2D eigenvalue weighted by molar-refractivity contribution is 7.89. The molecule has 27 heavy (non-hydrogen) atoms. The van der Waals surface area contributed by atoms with E-state index < -0.39 is 10.0 Å². The van der Waals surface area contributed by atoms with Crippen LogP contribution in [0.4, 0.5) is 0 Å². The van der Waals surface area contributed by atoms with Crippen molar-refractivity contribution in [2.24, 2.45) is 0 Å². The van der Waals surface area contributed by atoms with Gasteiger partial charge in [0.1, 0.15) is 0 Å². The Morgan fingerprint density at radius 2 is 1.70 bits per heavy atom. The number of nitrogens with one attached hydrogen (secondary N) is 1. The Hall–Kier alpha value is -1.44. The summed E-state index contributed by atoms with van der Waals surface area (Å²) in [7, 11) is -3.47. The van der Waals surface area contributed by atoms with Crippen LogP contribution in [-0.4, -0.2) is 62.3 Å². The fourth-order valence-corrected chi connectivity index (χ4v) is 4.84. The summed E-state index contributed by atoms with van der Waals surface area (Å²) in [5, 5.41) is 3.00. The highest BCUT2D eigenvalue weighted by Gasteiger charge is 2.29. The Kier molecular flexibility index (Phi) is 8.26. The van der Waals surface area contributed by atoms with Crippen molar-refractivity contribution in [3.63, 3.8) is 0 Å². The van der Waals surface area contributed by atoms with E-state index in [4.69, 9.17) is 0 Å². The minimum Gasteiger partial charge on any atom is -0.353 e. The highest BCUT2D eigenvalue weighted by Crippen LogP contribution is 2.18. The van der Waals surface area contributed by atoms with Gasteiger partial charge in [0.05, 0.1) is 11.4 Å². The van der Waals surface area contributed by atoms with Crippen LogP contribution < -0.4 is 5.32 Å². The minimum atomic E-state index is -3.47. The smallest absolute Gasteiger partial charge is 0.243 e. The van der Waals surface area contributed by atoms with Gasteiger partial charge in [0.15, 0.2) is 0 Å². The Labute approximate surface area is 164 Å². The monoisotopic (exact) mass is 395 g/mol. The molecule has 0 aromatic heterocycles. The third-order valence-corrected chi connectivity index (χ3v) is 6.84. The maximum Gasteiger partial charge on any atom is 0.243 e. The second-order valence-corrected chi connectivity index (χ2v) is 9.27. The number of piperazine rings is 1. The van der Waals surface area contributed by atoms with Crippen molar-refractivity contribution in [2.45, 2.75) is 57.4 Å². The second-order valence-electron chi connectivity index (χ2n) is 7.33. The molecule has 1 fully saturated rings. The molecule has 1 amide bonds. The maximum absolute atomic E-state index is 12.8. The van der Waals surface area contributed by atoms with Crippen molar-refractivity contribution in [2.75, 3.05) is 32.7 Å². The predicted molar refractivity (Wildman–Crippen MR) is 108 cm³/mol. The van der Waals surface area contributed by atoms with Crippen molar-refractivity contribution < 1.29 is 13.2 Å². The molecule has 1 heterocycles. The molecule has 152 valence electrons. The molecule has 1 aromatic rings. The number of hydrogen-bond donors (Lipinski definition) is 1. The molecule has 1 aromatic carbocycles. The molecule has 1 atom stereocenters. The normalized spacial score (nSPS) is 17.6. The molecule has 0 bridgehead atoms. The van der Waals surface area contributed by atoms with Crippen LogP contribution in [0.2, 0.25) is 0 Å². The van der Waals surface area contributed by atoms with E-state index in [9.17, 15) is 13.2 Å². The van der Waals surface area contributed by atoms with E-state index in [1.807, 2.05) is 24.0 Å². The maximum atomic E-state index is 12.8. The quantitative estimate of drug-likeness (QED) is 0.696. The lowest BCUT2D eigenvalue weighted by Crippen LogP contribution is -2.51. The minimum absolute atomic E-state index is 0.0128. The van der Waals surface area contributed by atoms with Crippen LogP contribution in [0.5, 0.6) is 0 Å². The fourth-order valence-electron chi connectivity index (χ4n) is 3.42. The predicted octanol–water partition coefficient (Wildman–Crippen LogP) is 2.25. The number of carbonyl (C=O) groups is 1. The summed E-state index contributed by atoms with van der Waals surface area (Å²) >= 11 is 0. The molecule has 0 saturated carbocycles. The van der Waals surface area contributed by atoms with E-state index in [0.717, 1.165) is 31.2 Å². The van der Waals surface area contributed by atoms with Crippen molar-refractivity contribution >= 4 is 15.9 Å². The van der Waals surface area contributed by atoms with Gasteiger partial charge in [0, 0.05) is 32.2 Å². The zero-order chi connectivity index (χ0) is 19.9. The number of hydrogen-bond acceptors (Lipinski definition) is 4. The molecule has 6 nitrogen and oxygen atoms in total. The summed E-state index contributed by atoms with van der Waals surface area (Å²) in [6.07, 6.45) is 4.00. The van der Waals surface area contributed by atoms with Crippen LogP contribution in [-0.2, 0) is 21.2 Å². The zero-order valence-corrected chi connectivity index (χ0v) is 17.6. The molecule has 1 aliphatic heterocycles. The van der Waals surface area contributed by atoms with E-state index in [2.05, 4.69) is 19.2 Å². The molecule has 1 saturated heterocycles. The number of sulfonamides is 1. The van der Waals surface area contributed by atoms with Crippen LogP contribution in [0.15, 0.2) is 29.2 Å². The standard InChI is InChI=1S/C20H33N3O3S/c1-4-6-17(3)21-20(24)16-22-12-14-23(15-13-22)27(25,26)19-10-8-18(7-5-2)9-11-19/h8-11,17H,4-7,12-16H2,1-3H3,(H,21,24)/t17-/m1/s1. The lowest BCUT2D eigenvalue weighted by atomic mass is 10.1. The van der Waals surface area contributed by atoms with E-state index in [1.54, 1.807) is 12.1 Å². The first-order chi connectivity index (χ1) is 12.9. The van der Waals surface area contributed by atoms with E-state index >= 15 is 0 Å². The van der Waals surface area contributed by atoms with Gasteiger partial charge in [-0.1, -0.05) is 38.8 Å². The number of rotatable bonds is 9. The Morgan fingerprint density at radius 1 is 1.07 bits per heavy atom. The van der Waals surface area contributed by atoms with Crippen molar-refractivity contribution in [3.8, 4) is 0 Å². The van der Waals surface area contributed by atoms with Gasteiger partial charge in [-0.15, -0.1) is 0 Å². The first kappa shape index (κ1) is 21.9. The number of aryl methyl sites for hydroxylation is 1. The summed E-state index contributed by atoms with van der Waals surface area (Å²) in [5.74, 6) is 0.0128. The van der Waals surface area contributed by atoms with Gasteiger partial charge < -0.3 is 5.32 Å². The summed E-state index contributed by atoms with van der Waals surface area (Å²) < 4.78 is 27.2. The molecule has 0 unspecified atom stereocenters. The zero-order valence-electron chi connectivity index (χ0n) is 16.8. The lowest BCUT2D eigenvalue weighted by molar-refractivity contribution is -0.123. The van der Waals surface area contributed by atoms with Crippen molar-refractivity contribution in [1.29, 1.82) is 0 Å². The third kappa shape index (κ3) is 6.30. The fraction of sp³-hybridized carbons (Fsp3) is 0.650. The van der Waals surface area contributed by atoms with Crippen LogP contribution >= 0.6 is 0 Å². The van der Waals surface area contributed by atoms with Gasteiger partial charge in [0.25, 0.3) is 0 Å². The SMILES string of the molecule is CCCc1ccc(S(=O)(=O)N2CCN(CC(=O)N[C@H](C)CCC)CC2)cc1. The topological polar surface area (TPSA) is 69.7 Å². The van der Waals surface area contributed by atoms with Crippen molar-refractivity contribution in [1.82, 2.24) is 14.5 Å². The van der Waals surface area contributed by atoms with Gasteiger partial charge in [-0.3, -0.25) is 9.69 Å². The highest BCUT2D eigenvalue weighted by atomic mass is 32.2. The van der Waals surface area contributed by atoms with E-state index in [0.29, 0.717) is 37.6 Å². The van der Waals surface area contributed by atoms with Crippen LogP contribution in [0.3, 0.4) is 0 Å². The van der Waals surface area contributed by atoms with Gasteiger partial charge >= 0.3 is 0 Å². The van der Waals surface area contributed by atoms with E-state index in [1.165, 1.54) is 4.31 Å². The van der Waals surface area contributed by atoms with Gasteiger partial charge in [-0.05, 0) is 37.5 Å². The Morgan fingerprint density at radius 3 is 2.26 bits per heavy atom. The molecule has 0 aliphatic carbocycles. The van der Waals surface area contributed by atoms with Crippen LogP contribution in [0.25, 0.3) is 0 Å². The van der Waals surface area contributed by atoms with Gasteiger partial charge in [-0.25, -0.2) is 8.42 Å². The molecule has 1 aliphatic rings. The number of amides is 1. The Balaban J connectivity index is 1.87. The number of carbonyl (C=O) groups excluding carboxylic acids is 1. The van der Waals surface area contributed by atoms with Crippen LogP contribution in [0, 0.1) is 0 Å². The summed E-state index contributed by atoms with van der Waals surface area (Å²) in [5.41, 5.74) is 1.16. The number of nitrogens with zero attached hydrogens (tertiary/aromatic N) is 2. The molecule has 7 heteroatoms. The van der Waals surface area contributed by atoms with Gasteiger partial charge in [0.2, 0.25) is 15.9 Å². The largest absolute Gasteiger partial charge is 0.353 e. The van der Waals surface area contributed by atoms with E-state index in [-0.39, 0.29) is 11.9 Å². The first-order valence-corrected chi connectivity index (χ1v) is 11.4. The molecular weight excluding hydrogens is 362 g/mol.